The van der Waals surface area contributed by atoms with Gasteiger partial charge in [0.2, 0.25) is 11.7 Å². The first kappa shape index (κ1) is 13.8. The van der Waals surface area contributed by atoms with E-state index in [0.29, 0.717) is 18.0 Å². The van der Waals surface area contributed by atoms with E-state index in [1.807, 2.05) is 13.0 Å². The first-order chi connectivity index (χ1) is 8.52. The standard InChI is InChI=1S/C11H9Br2NO3S/c1-2-3-6-8(11(15)16)17-10(14-6)7-4-5(12)9(13)18-7/h4H,2-3H2,1H3,(H,15,16). The lowest BCUT2D eigenvalue weighted by atomic mass is 10.2. The maximum Gasteiger partial charge on any atom is 0.373 e. The van der Waals surface area contributed by atoms with Crippen molar-refractivity contribution in [2.75, 3.05) is 0 Å². The molecule has 2 heterocycles. The number of carbonyl (C=O) groups is 1. The minimum atomic E-state index is -1.08. The Bertz CT molecular complexity index is 572. The molecule has 96 valence electrons. The Morgan fingerprint density at radius 2 is 2.28 bits per heavy atom. The maximum atomic E-state index is 11.1. The van der Waals surface area contributed by atoms with Crippen molar-refractivity contribution < 1.29 is 14.3 Å². The third kappa shape index (κ3) is 2.67. The summed E-state index contributed by atoms with van der Waals surface area (Å²) in [7, 11) is 0. The number of aryl methyl sites for hydroxylation is 1. The number of carboxylic acids is 1. The molecule has 0 aliphatic heterocycles. The van der Waals surface area contributed by atoms with Gasteiger partial charge in [0, 0.05) is 4.47 Å². The number of aromatic nitrogens is 1. The number of oxazole rings is 1. The lowest BCUT2D eigenvalue weighted by Crippen LogP contribution is -1.99. The van der Waals surface area contributed by atoms with Crippen molar-refractivity contribution in [1.29, 1.82) is 0 Å². The molecule has 1 N–H and O–H groups in total. The van der Waals surface area contributed by atoms with E-state index in [1.165, 1.54) is 11.3 Å². The van der Waals surface area contributed by atoms with Crippen LogP contribution in [0.25, 0.3) is 10.8 Å². The summed E-state index contributed by atoms with van der Waals surface area (Å²) in [6.45, 7) is 1.97. The fraction of sp³-hybridized carbons (Fsp3) is 0.273. The Labute approximate surface area is 124 Å². The SMILES string of the molecule is CCCc1nc(-c2cc(Br)c(Br)s2)oc1C(=O)O. The summed E-state index contributed by atoms with van der Waals surface area (Å²) in [5.74, 6) is -0.786. The number of halogens is 2. The molecule has 0 fully saturated rings. The van der Waals surface area contributed by atoms with Crippen molar-refractivity contribution >= 4 is 49.2 Å². The van der Waals surface area contributed by atoms with Gasteiger partial charge < -0.3 is 9.52 Å². The Morgan fingerprint density at radius 1 is 1.56 bits per heavy atom. The van der Waals surface area contributed by atoms with E-state index in [0.717, 1.165) is 19.6 Å². The topological polar surface area (TPSA) is 63.3 Å². The highest BCUT2D eigenvalue weighted by atomic mass is 79.9. The van der Waals surface area contributed by atoms with Gasteiger partial charge in [0.25, 0.3) is 0 Å². The number of hydrogen-bond donors (Lipinski definition) is 1. The fourth-order valence-electron chi connectivity index (χ4n) is 1.48. The molecule has 2 aromatic heterocycles. The van der Waals surface area contributed by atoms with E-state index in [-0.39, 0.29) is 5.76 Å². The monoisotopic (exact) mass is 393 g/mol. The zero-order chi connectivity index (χ0) is 13.3. The normalized spacial score (nSPS) is 10.8. The van der Waals surface area contributed by atoms with E-state index in [4.69, 9.17) is 9.52 Å². The molecule has 0 saturated carbocycles. The van der Waals surface area contributed by atoms with Gasteiger partial charge in [-0.2, -0.15) is 0 Å². The summed E-state index contributed by atoms with van der Waals surface area (Å²) in [6, 6.07) is 1.85. The zero-order valence-corrected chi connectivity index (χ0v) is 13.4. The van der Waals surface area contributed by atoms with Crippen molar-refractivity contribution in [1.82, 2.24) is 4.98 Å². The predicted octanol–water partition coefficient (Wildman–Crippen LogP) is 4.58. The van der Waals surface area contributed by atoms with Gasteiger partial charge in [0.05, 0.1) is 14.4 Å². The summed E-state index contributed by atoms with van der Waals surface area (Å²) >= 11 is 8.20. The molecule has 4 nitrogen and oxygen atoms in total. The molecule has 2 aromatic rings. The highest BCUT2D eigenvalue weighted by Gasteiger charge is 2.21. The van der Waals surface area contributed by atoms with Gasteiger partial charge in [0.1, 0.15) is 0 Å². The van der Waals surface area contributed by atoms with E-state index < -0.39 is 5.97 Å². The Balaban J connectivity index is 2.45. The van der Waals surface area contributed by atoms with Crippen LogP contribution in [0.4, 0.5) is 0 Å². The zero-order valence-electron chi connectivity index (χ0n) is 9.37. The van der Waals surface area contributed by atoms with Gasteiger partial charge >= 0.3 is 5.97 Å². The van der Waals surface area contributed by atoms with E-state index in [1.54, 1.807) is 0 Å². The molecule has 18 heavy (non-hydrogen) atoms. The molecule has 2 rings (SSSR count). The van der Waals surface area contributed by atoms with Crippen molar-refractivity contribution in [3.05, 3.63) is 25.8 Å². The van der Waals surface area contributed by atoms with Gasteiger partial charge in [0.15, 0.2) is 0 Å². The second-order valence-electron chi connectivity index (χ2n) is 3.58. The molecule has 7 heteroatoms. The molecule has 0 amide bonds. The van der Waals surface area contributed by atoms with Crippen molar-refractivity contribution in [3.63, 3.8) is 0 Å². The van der Waals surface area contributed by atoms with Crippen LogP contribution in [-0.4, -0.2) is 16.1 Å². The lowest BCUT2D eigenvalue weighted by Gasteiger charge is -1.91. The highest BCUT2D eigenvalue weighted by molar-refractivity contribution is 9.13. The summed E-state index contributed by atoms with van der Waals surface area (Å²) in [4.78, 5) is 16.1. The van der Waals surface area contributed by atoms with Gasteiger partial charge in [-0.05, 0) is 44.3 Å². The molecule has 0 unspecified atom stereocenters. The average Bonchev–Trinajstić information content (AvgIpc) is 2.85. The fourth-order valence-corrected chi connectivity index (χ4v) is 3.44. The molecule has 0 saturated heterocycles. The van der Waals surface area contributed by atoms with Crippen LogP contribution in [0.5, 0.6) is 0 Å². The molecule has 0 aliphatic carbocycles. The van der Waals surface area contributed by atoms with E-state index in [9.17, 15) is 4.79 Å². The second kappa shape index (κ2) is 5.54. The number of aromatic carboxylic acids is 1. The Morgan fingerprint density at radius 3 is 2.78 bits per heavy atom. The van der Waals surface area contributed by atoms with Crippen molar-refractivity contribution in [3.8, 4) is 10.8 Å². The van der Waals surface area contributed by atoms with Crippen LogP contribution in [-0.2, 0) is 6.42 Å². The Kier molecular flexibility index (Phi) is 4.24. The third-order valence-corrected chi connectivity index (χ3v) is 5.48. The van der Waals surface area contributed by atoms with E-state index in [2.05, 4.69) is 36.8 Å². The smallest absolute Gasteiger partial charge is 0.373 e. The molecule has 0 aliphatic rings. The van der Waals surface area contributed by atoms with Crippen LogP contribution in [0.15, 0.2) is 18.7 Å². The molecule has 0 spiro atoms. The largest absolute Gasteiger partial charge is 0.475 e. The molecule has 0 radical (unpaired) electrons. The predicted molar refractivity (Wildman–Crippen MR) is 76.2 cm³/mol. The van der Waals surface area contributed by atoms with Crippen LogP contribution in [0, 0.1) is 0 Å². The van der Waals surface area contributed by atoms with Crippen LogP contribution >= 0.6 is 43.2 Å². The van der Waals surface area contributed by atoms with Crippen molar-refractivity contribution in [2.24, 2.45) is 0 Å². The lowest BCUT2D eigenvalue weighted by molar-refractivity contribution is 0.0662. The Hall–Kier alpha value is -0.660. The molecular weight excluding hydrogens is 386 g/mol. The maximum absolute atomic E-state index is 11.1. The number of thiophene rings is 1. The summed E-state index contributed by atoms with van der Waals surface area (Å²) in [5.41, 5.74) is 0.501. The number of rotatable bonds is 4. The number of carboxylic acid groups (broad SMARTS) is 1. The second-order valence-corrected chi connectivity index (χ2v) is 6.81. The average molecular weight is 395 g/mol. The molecule has 0 atom stereocenters. The molecule has 0 aromatic carbocycles. The quantitative estimate of drug-likeness (QED) is 0.824. The van der Waals surface area contributed by atoms with Gasteiger partial charge in [-0.15, -0.1) is 11.3 Å². The molecule has 0 bridgehead atoms. The van der Waals surface area contributed by atoms with Crippen LogP contribution in [0.3, 0.4) is 0 Å². The first-order valence-corrected chi connectivity index (χ1v) is 7.61. The van der Waals surface area contributed by atoms with Crippen LogP contribution in [0.1, 0.15) is 29.6 Å². The summed E-state index contributed by atoms with van der Waals surface area (Å²) < 4.78 is 7.16. The third-order valence-electron chi connectivity index (χ3n) is 2.23. The van der Waals surface area contributed by atoms with Gasteiger partial charge in [-0.1, -0.05) is 13.3 Å². The van der Waals surface area contributed by atoms with E-state index >= 15 is 0 Å². The van der Waals surface area contributed by atoms with Gasteiger partial charge in [-0.25, -0.2) is 9.78 Å². The minimum Gasteiger partial charge on any atom is -0.475 e. The first-order valence-electron chi connectivity index (χ1n) is 5.21. The van der Waals surface area contributed by atoms with Crippen molar-refractivity contribution in [2.45, 2.75) is 19.8 Å². The van der Waals surface area contributed by atoms with Gasteiger partial charge in [-0.3, -0.25) is 0 Å². The minimum absolute atomic E-state index is 0.0625. The summed E-state index contributed by atoms with van der Waals surface area (Å²) in [5, 5.41) is 9.06. The number of nitrogens with zero attached hydrogens (tertiary/aromatic N) is 1. The van der Waals surface area contributed by atoms with Crippen LogP contribution < -0.4 is 0 Å². The molecular formula is C11H9Br2NO3S. The number of hydrogen-bond acceptors (Lipinski definition) is 4. The summed E-state index contributed by atoms with van der Waals surface area (Å²) in [6.07, 6.45) is 1.42. The highest BCUT2D eigenvalue weighted by Crippen LogP contribution is 2.38. The van der Waals surface area contributed by atoms with Crippen LogP contribution in [0.2, 0.25) is 0 Å².